The van der Waals surface area contributed by atoms with E-state index in [1.165, 1.54) is 90.5 Å². The van der Waals surface area contributed by atoms with Crippen molar-refractivity contribution < 1.29 is 8.42 Å². The maximum absolute atomic E-state index is 12.2. The fraction of sp³-hybridized carbons (Fsp3) is 0.333. The first kappa shape index (κ1) is 94.5. The lowest BCUT2D eigenvalue weighted by molar-refractivity contribution is 0.486. The topological polar surface area (TPSA) is 189 Å². The van der Waals surface area contributed by atoms with Crippen molar-refractivity contribution >= 4 is 68.6 Å². The van der Waals surface area contributed by atoms with Crippen LogP contribution in [0.3, 0.4) is 0 Å². The highest BCUT2D eigenvalue weighted by Crippen LogP contribution is 2.46. The molecular formula is C108H108N12O2S6. The molecule has 0 N–H and O–H groups in total. The second kappa shape index (κ2) is 42.0. The summed E-state index contributed by atoms with van der Waals surface area (Å²) < 4.78 is 24.3. The minimum atomic E-state index is -0.881. The summed E-state index contributed by atoms with van der Waals surface area (Å²) in [6, 6.07) is 38.1. The van der Waals surface area contributed by atoms with Crippen LogP contribution in [0.1, 0.15) is 257 Å². The van der Waals surface area contributed by atoms with Crippen LogP contribution in [0.25, 0.3) is 0 Å². The fourth-order valence-corrected chi connectivity index (χ4v) is 24.1. The van der Waals surface area contributed by atoms with Gasteiger partial charge in [-0.2, -0.15) is 0 Å². The largest absolute Gasteiger partial charge is 0.254 e. The molecule has 2 atom stereocenters. The van der Waals surface area contributed by atoms with Gasteiger partial charge >= 0.3 is 0 Å². The zero-order chi connectivity index (χ0) is 91.0. The van der Waals surface area contributed by atoms with Crippen LogP contribution < -0.4 is 0 Å². The van der Waals surface area contributed by atoms with Crippen molar-refractivity contribution in [3.63, 3.8) is 0 Å². The molecule has 0 saturated carbocycles. The summed E-state index contributed by atoms with van der Waals surface area (Å²) >= 11 is 7.79. The molecule has 20 heteroatoms. The molecule has 12 heterocycles. The maximum atomic E-state index is 12.2. The zero-order valence-corrected chi connectivity index (χ0v) is 81.3. The van der Waals surface area contributed by atoms with E-state index in [4.69, 9.17) is 0 Å². The summed E-state index contributed by atoms with van der Waals surface area (Å²) in [7, 11) is -1.76. The third-order valence-corrected chi connectivity index (χ3v) is 30.4. The van der Waals surface area contributed by atoms with Crippen molar-refractivity contribution in [2.24, 2.45) is 0 Å². The summed E-state index contributed by atoms with van der Waals surface area (Å²) in [5.74, 6) is 48.5. The Balaban J connectivity index is 0.000000131. The van der Waals surface area contributed by atoms with Gasteiger partial charge in [-0.05, 0) is 290 Å². The van der Waals surface area contributed by atoms with Gasteiger partial charge in [0.15, 0.2) is 0 Å². The molecule has 0 radical (unpaired) electrons. The number of hydrogen-bond donors (Lipinski definition) is 0. The van der Waals surface area contributed by atoms with Gasteiger partial charge in [-0.15, -0.1) is 47.0 Å². The van der Waals surface area contributed by atoms with Crippen molar-refractivity contribution in [3.8, 4) is 71.0 Å². The molecule has 2 unspecified atom stereocenters. The average Bonchev–Trinajstić information content (AvgIpc) is 0.764. The molecule has 0 saturated heterocycles. The molecule has 0 fully saturated rings. The molecule has 6 aromatic carbocycles. The third kappa shape index (κ3) is 25.7. The Morgan fingerprint density at radius 3 is 0.688 bits per heavy atom. The van der Waals surface area contributed by atoms with E-state index in [1.54, 1.807) is 74.4 Å². The fourth-order valence-electron chi connectivity index (χ4n) is 14.7. The Hall–Kier alpha value is -11.1. The van der Waals surface area contributed by atoms with E-state index in [0.29, 0.717) is 5.82 Å². The molecule has 12 aromatic rings. The molecule has 14 nitrogen and oxygen atoms in total. The van der Waals surface area contributed by atoms with Gasteiger partial charge in [-0.3, -0.25) is 8.42 Å². The molecule has 0 bridgehead atoms. The van der Waals surface area contributed by atoms with Crippen LogP contribution in [0.4, 0.5) is 0 Å². The number of rotatable bonds is 0. The minimum Gasteiger partial charge on any atom is -0.254 e. The summed E-state index contributed by atoms with van der Waals surface area (Å²) in [6.45, 7) is 38.6. The number of benzene rings is 6. The van der Waals surface area contributed by atoms with Crippen molar-refractivity contribution in [2.75, 3.05) is 34.5 Å². The summed E-state index contributed by atoms with van der Waals surface area (Å²) in [4.78, 5) is 57.5. The highest BCUT2D eigenvalue weighted by atomic mass is 32.2. The Morgan fingerprint density at radius 2 is 0.445 bits per heavy atom. The van der Waals surface area contributed by atoms with Crippen LogP contribution in [-0.2, 0) is 54.1 Å². The highest BCUT2D eigenvalue weighted by molar-refractivity contribution is 8.00. The molecule has 0 amide bonds. The first-order chi connectivity index (χ1) is 61.1. The van der Waals surface area contributed by atoms with Crippen molar-refractivity contribution in [1.29, 1.82) is 0 Å². The summed E-state index contributed by atoms with van der Waals surface area (Å²) in [5, 5.41) is 0. The highest BCUT2D eigenvalue weighted by Gasteiger charge is 2.35. The van der Waals surface area contributed by atoms with Crippen LogP contribution in [0, 0.1) is 113 Å². The van der Waals surface area contributed by atoms with Crippen molar-refractivity contribution in [3.05, 3.63) is 319 Å². The molecule has 128 heavy (non-hydrogen) atoms. The van der Waals surface area contributed by atoms with Gasteiger partial charge in [0, 0.05) is 149 Å². The number of fused-ring (bicyclic) bond motifs is 6. The SMILES string of the molecule is Cc1cnc(C#Cc2ccc3c(c2)C(C)(C)CCS3)nc1.Cc1ncc(C#Cc2ccc3c(c2)C(C)(C)CCS3)cn1.Cc1ncc(C#Cc2ccc3c(c2)C(C)(C)CCS3)cn1.Cc1ncc(C#Cc2ccc3c(c2)C(C)(C)CCS3)cn1.Cc1ncc(C#Cc2ccc3c(c2)C(C)(C)CCS3=O)cn1.Cc1ncc(C#Cc2ccc3c(c2)C(C)(C)CCS3=O)cn1. The lowest BCUT2D eigenvalue weighted by Gasteiger charge is -2.32. The van der Waals surface area contributed by atoms with Gasteiger partial charge < -0.3 is 0 Å². The Bertz CT molecular complexity index is 5880. The van der Waals surface area contributed by atoms with Crippen LogP contribution >= 0.6 is 47.0 Å². The molecule has 0 spiro atoms. The third-order valence-electron chi connectivity index (χ3n) is 23.3. The number of aryl methyl sites for hydroxylation is 6. The molecule has 6 aromatic heterocycles. The Morgan fingerprint density at radius 1 is 0.242 bits per heavy atom. The normalized spacial score (nSPS) is 16.9. The molecule has 6 aliphatic heterocycles. The quantitative estimate of drug-likeness (QED) is 0.130. The number of nitrogens with zero attached hydrogens (tertiary/aromatic N) is 12. The average molecular weight is 1800 g/mol. The van der Waals surface area contributed by atoms with Crippen LogP contribution in [-0.4, -0.2) is 103 Å². The molecular weight excluding hydrogens is 1690 g/mol. The Labute approximate surface area is 779 Å². The van der Waals surface area contributed by atoms with Gasteiger partial charge in [0.25, 0.3) is 0 Å². The van der Waals surface area contributed by atoms with E-state index < -0.39 is 21.6 Å². The van der Waals surface area contributed by atoms with E-state index in [1.807, 2.05) is 113 Å². The molecule has 648 valence electrons. The number of hydrogen-bond acceptors (Lipinski definition) is 18. The molecule has 0 aliphatic carbocycles. The monoisotopic (exact) mass is 1800 g/mol. The van der Waals surface area contributed by atoms with E-state index in [9.17, 15) is 8.42 Å². The van der Waals surface area contributed by atoms with Gasteiger partial charge in [0.2, 0.25) is 5.82 Å². The first-order valence-corrected chi connectivity index (χ1v) is 49.7. The van der Waals surface area contributed by atoms with E-state index in [2.05, 4.69) is 299 Å². The predicted molar refractivity (Wildman–Crippen MR) is 526 cm³/mol. The van der Waals surface area contributed by atoms with Crippen molar-refractivity contribution in [2.45, 2.75) is 225 Å². The first-order valence-electron chi connectivity index (χ1n) is 43.1. The summed E-state index contributed by atoms with van der Waals surface area (Å²) in [5.41, 5.74) is 20.3. The van der Waals surface area contributed by atoms with Gasteiger partial charge in [-0.25, -0.2) is 59.8 Å². The predicted octanol–water partition coefficient (Wildman–Crippen LogP) is 21.8. The molecule has 6 aliphatic rings. The standard InChI is InChI=1S/2C18H18N2OS.4C18H18N2S/c2*1-13-19-11-15(12-20-13)5-4-14-6-7-17-16(10-14)18(2,3)8-9-22(17)21;1-13-11-19-17(20-12-13)7-5-14-4-6-16-15(10-14)18(2,3)8-9-21-16;3*1-13-19-11-15(12-20-13)5-4-14-6-7-17-16(10-14)18(2,3)8-9-21-17/h2*6-7,10-12H,8-9H2,1-3H3;4,6,10-12H,8-9H2,1-3H3;3*6-7,10-12H,8-9H2,1-3H3. The zero-order valence-electron chi connectivity index (χ0n) is 76.4. The summed E-state index contributed by atoms with van der Waals surface area (Å²) in [6.07, 6.45) is 27.9. The Kier molecular flexibility index (Phi) is 31.0. The second-order valence-corrected chi connectivity index (χ2v) is 43.9. The smallest absolute Gasteiger partial charge is 0.205 e. The molecule has 18 rings (SSSR count). The lowest BCUT2D eigenvalue weighted by atomic mass is 9.81. The number of thioether (sulfide) groups is 4. The second-order valence-electron chi connectivity index (χ2n) is 36.2. The van der Waals surface area contributed by atoms with Crippen LogP contribution in [0.2, 0.25) is 0 Å². The van der Waals surface area contributed by atoms with Crippen molar-refractivity contribution in [1.82, 2.24) is 59.8 Å². The van der Waals surface area contributed by atoms with E-state index in [-0.39, 0.29) is 32.5 Å². The number of aromatic nitrogens is 12. The van der Waals surface area contributed by atoms with E-state index >= 15 is 0 Å². The lowest BCUT2D eigenvalue weighted by Crippen LogP contribution is -2.27. The van der Waals surface area contributed by atoms with Gasteiger partial charge in [-0.1, -0.05) is 148 Å². The minimum absolute atomic E-state index is 0.0495. The van der Waals surface area contributed by atoms with Gasteiger partial charge in [0.05, 0.1) is 49.4 Å². The van der Waals surface area contributed by atoms with Gasteiger partial charge in [0.1, 0.15) is 29.1 Å². The van der Waals surface area contributed by atoms with Crippen LogP contribution in [0.15, 0.2) is 213 Å². The maximum Gasteiger partial charge on any atom is 0.205 e. The van der Waals surface area contributed by atoms with E-state index in [0.717, 1.165) is 141 Å². The van der Waals surface area contributed by atoms with Crippen LogP contribution in [0.5, 0.6) is 0 Å².